The number of thioether (sulfide) groups is 1. The van der Waals surface area contributed by atoms with Crippen molar-refractivity contribution in [2.24, 2.45) is 5.92 Å². The second-order valence-corrected chi connectivity index (χ2v) is 5.97. The molecular formula is C12H23ClN2O2S. The fourth-order valence-electron chi connectivity index (χ4n) is 2.27. The molecule has 1 amide bonds. The number of rotatable bonds is 4. The molecule has 18 heavy (non-hydrogen) atoms. The number of carbonyl (C=O) groups is 1. The number of hydrogen-bond acceptors (Lipinski definition) is 4. The molecule has 2 aliphatic rings. The van der Waals surface area contributed by atoms with E-state index in [2.05, 4.69) is 10.6 Å². The van der Waals surface area contributed by atoms with Crippen molar-refractivity contribution >= 4 is 30.1 Å². The van der Waals surface area contributed by atoms with E-state index < -0.39 is 0 Å². The molecule has 6 heteroatoms. The standard InChI is InChI=1S/C12H22N2O2S.ClH/c15-12(6-11-9-17-5-3-13-11)14-7-10-2-1-4-16-8-10;/h10-11,13H,1-9H2,(H,14,15);1H. The molecule has 106 valence electrons. The highest BCUT2D eigenvalue weighted by molar-refractivity contribution is 7.99. The van der Waals surface area contributed by atoms with Crippen LogP contribution in [0.4, 0.5) is 0 Å². The smallest absolute Gasteiger partial charge is 0.221 e. The van der Waals surface area contributed by atoms with Crippen LogP contribution in [0.25, 0.3) is 0 Å². The van der Waals surface area contributed by atoms with E-state index in [0.717, 1.165) is 44.2 Å². The summed E-state index contributed by atoms with van der Waals surface area (Å²) in [5.74, 6) is 2.91. The number of amides is 1. The van der Waals surface area contributed by atoms with Crippen molar-refractivity contribution in [3.8, 4) is 0 Å². The van der Waals surface area contributed by atoms with E-state index in [-0.39, 0.29) is 18.3 Å². The molecule has 0 spiro atoms. The van der Waals surface area contributed by atoms with Crippen LogP contribution in [-0.4, -0.2) is 49.8 Å². The number of halogens is 1. The number of hydrogen-bond donors (Lipinski definition) is 2. The Labute approximate surface area is 119 Å². The highest BCUT2D eigenvalue weighted by Gasteiger charge is 2.18. The van der Waals surface area contributed by atoms with E-state index in [9.17, 15) is 4.79 Å². The number of ether oxygens (including phenoxy) is 1. The Morgan fingerprint density at radius 3 is 3.06 bits per heavy atom. The molecule has 2 fully saturated rings. The lowest BCUT2D eigenvalue weighted by Gasteiger charge is -2.24. The summed E-state index contributed by atoms with van der Waals surface area (Å²) >= 11 is 1.93. The zero-order valence-corrected chi connectivity index (χ0v) is 12.3. The van der Waals surface area contributed by atoms with Gasteiger partial charge < -0.3 is 15.4 Å². The summed E-state index contributed by atoms with van der Waals surface area (Å²) in [6.07, 6.45) is 2.92. The van der Waals surface area contributed by atoms with Gasteiger partial charge in [-0.15, -0.1) is 12.4 Å². The van der Waals surface area contributed by atoms with E-state index in [4.69, 9.17) is 4.74 Å². The molecule has 2 saturated heterocycles. The molecule has 0 aromatic heterocycles. The second kappa shape index (κ2) is 9.02. The third kappa shape index (κ3) is 5.78. The molecule has 2 rings (SSSR count). The Hall–Kier alpha value is 0.0300. The first kappa shape index (κ1) is 16.1. The molecule has 0 aliphatic carbocycles. The SMILES string of the molecule is Cl.O=C(CC1CSCCN1)NCC1CCCOC1. The molecule has 2 aliphatic heterocycles. The van der Waals surface area contributed by atoms with Crippen LogP contribution in [0.15, 0.2) is 0 Å². The Bertz CT molecular complexity index is 244. The van der Waals surface area contributed by atoms with Crippen LogP contribution in [0, 0.1) is 5.92 Å². The largest absolute Gasteiger partial charge is 0.381 e. The summed E-state index contributed by atoms with van der Waals surface area (Å²) in [6, 6.07) is 0.358. The Balaban J connectivity index is 0.00000162. The van der Waals surface area contributed by atoms with Crippen LogP contribution in [0.1, 0.15) is 19.3 Å². The lowest BCUT2D eigenvalue weighted by atomic mass is 10.0. The Morgan fingerprint density at radius 2 is 2.39 bits per heavy atom. The molecule has 0 bridgehead atoms. The van der Waals surface area contributed by atoms with Crippen LogP contribution in [0.5, 0.6) is 0 Å². The molecule has 2 unspecified atom stereocenters. The first-order valence-electron chi connectivity index (χ1n) is 6.50. The lowest BCUT2D eigenvalue weighted by Crippen LogP contribution is -2.42. The summed E-state index contributed by atoms with van der Waals surface area (Å²) in [4.78, 5) is 11.8. The molecule has 2 atom stereocenters. The maximum absolute atomic E-state index is 11.8. The van der Waals surface area contributed by atoms with E-state index in [0.29, 0.717) is 18.4 Å². The van der Waals surface area contributed by atoms with E-state index in [1.807, 2.05) is 11.8 Å². The van der Waals surface area contributed by atoms with Crippen LogP contribution < -0.4 is 10.6 Å². The van der Waals surface area contributed by atoms with Gasteiger partial charge in [0.05, 0.1) is 6.61 Å². The predicted molar refractivity (Wildman–Crippen MR) is 77.5 cm³/mol. The third-order valence-electron chi connectivity index (χ3n) is 3.27. The van der Waals surface area contributed by atoms with E-state index in [1.54, 1.807) is 0 Å². The molecular weight excluding hydrogens is 272 g/mol. The second-order valence-electron chi connectivity index (χ2n) is 4.82. The van der Waals surface area contributed by atoms with Gasteiger partial charge in [-0.25, -0.2) is 0 Å². The summed E-state index contributed by atoms with van der Waals surface area (Å²) in [5, 5.41) is 6.41. The highest BCUT2D eigenvalue weighted by atomic mass is 35.5. The average molecular weight is 295 g/mol. The van der Waals surface area contributed by atoms with Crippen molar-refractivity contribution in [3.63, 3.8) is 0 Å². The van der Waals surface area contributed by atoms with Gasteiger partial charge in [0.2, 0.25) is 5.91 Å². The maximum atomic E-state index is 11.8. The molecule has 0 aromatic rings. The van der Waals surface area contributed by atoms with Crippen molar-refractivity contribution in [1.29, 1.82) is 0 Å². The van der Waals surface area contributed by atoms with Crippen LogP contribution in [0.2, 0.25) is 0 Å². The average Bonchev–Trinajstić information content (AvgIpc) is 2.39. The first-order valence-corrected chi connectivity index (χ1v) is 7.65. The molecule has 0 saturated carbocycles. The highest BCUT2D eigenvalue weighted by Crippen LogP contribution is 2.13. The molecule has 4 nitrogen and oxygen atoms in total. The fourth-order valence-corrected chi connectivity index (χ4v) is 3.22. The van der Waals surface area contributed by atoms with Crippen molar-refractivity contribution in [1.82, 2.24) is 10.6 Å². The Kier molecular flexibility index (Phi) is 8.06. The summed E-state index contributed by atoms with van der Waals surface area (Å²) in [7, 11) is 0. The van der Waals surface area contributed by atoms with Gasteiger partial charge in [0.25, 0.3) is 0 Å². The summed E-state index contributed by atoms with van der Waals surface area (Å²) in [6.45, 7) is 3.49. The zero-order chi connectivity index (χ0) is 11.9. The van der Waals surface area contributed by atoms with Gasteiger partial charge in [-0.3, -0.25) is 4.79 Å². The minimum atomic E-state index is 0. The van der Waals surface area contributed by atoms with Gasteiger partial charge >= 0.3 is 0 Å². The minimum absolute atomic E-state index is 0. The van der Waals surface area contributed by atoms with E-state index >= 15 is 0 Å². The molecule has 2 heterocycles. The van der Waals surface area contributed by atoms with Crippen molar-refractivity contribution in [2.75, 3.05) is 37.8 Å². The molecule has 2 N–H and O–H groups in total. The maximum Gasteiger partial charge on any atom is 0.221 e. The first-order chi connectivity index (χ1) is 8.34. The normalized spacial score (nSPS) is 28.2. The van der Waals surface area contributed by atoms with Crippen LogP contribution in [-0.2, 0) is 9.53 Å². The topological polar surface area (TPSA) is 50.4 Å². The number of carbonyl (C=O) groups excluding carboxylic acids is 1. The van der Waals surface area contributed by atoms with Crippen LogP contribution >= 0.6 is 24.2 Å². The summed E-state index contributed by atoms with van der Waals surface area (Å²) in [5.41, 5.74) is 0. The summed E-state index contributed by atoms with van der Waals surface area (Å²) < 4.78 is 5.40. The minimum Gasteiger partial charge on any atom is -0.381 e. The van der Waals surface area contributed by atoms with Crippen LogP contribution in [0.3, 0.4) is 0 Å². The van der Waals surface area contributed by atoms with Gasteiger partial charge in [0.1, 0.15) is 0 Å². The monoisotopic (exact) mass is 294 g/mol. The lowest BCUT2D eigenvalue weighted by molar-refractivity contribution is -0.121. The quantitative estimate of drug-likeness (QED) is 0.814. The molecule has 0 aromatic carbocycles. The van der Waals surface area contributed by atoms with Crippen molar-refractivity contribution < 1.29 is 9.53 Å². The fraction of sp³-hybridized carbons (Fsp3) is 0.917. The van der Waals surface area contributed by atoms with Gasteiger partial charge in [0.15, 0.2) is 0 Å². The third-order valence-corrected chi connectivity index (χ3v) is 4.40. The Morgan fingerprint density at radius 1 is 1.50 bits per heavy atom. The van der Waals surface area contributed by atoms with Crippen molar-refractivity contribution in [2.45, 2.75) is 25.3 Å². The van der Waals surface area contributed by atoms with E-state index in [1.165, 1.54) is 6.42 Å². The van der Waals surface area contributed by atoms with Gasteiger partial charge in [-0.05, 0) is 18.8 Å². The van der Waals surface area contributed by atoms with Gasteiger partial charge in [-0.1, -0.05) is 0 Å². The van der Waals surface area contributed by atoms with Gasteiger partial charge in [0, 0.05) is 43.7 Å². The zero-order valence-electron chi connectivity index (χ0n) is 10.7. The van der Waals surface area contributed by atoms with Crippen molar-refractivity contribution in [3.05, 3.63) is 0 Å². The number of nitrogens with one attached hydrogen (secondary N) is 2. The predicted octanol–water partition coefficient (Wildman–Crippen LogP) is 1.05. The molecule has 0 radical (unpaired) electrons. The van der Waals surface area contributed by atoms with Gasteiger partial charge in [-0.2, -0.15) is 11.8 Å².